The number of imidazole rings is 1. The van der Waals surface area contributed by atoms with Gasteiger partial charge in [0.25, 0.3) is 14.4 Å². The molecule has 0 saturated carbocycles. The van der Waals surface area contributed by atoms with Gasteiger partial charge in [0.05, 0.1) is 59.5 Å². The number of ether oxygens (including phenoxy) is 6. The number of amides is 1. The molecule has 1 amide bonds. The summed E-state index contributed by atoms with van der Waals surface area (Å²) in [6, 6.07) is 36.7. The third-order valence-corrected chi connectivity index (χ3v) is 13.4. The van der Waals surface area contributed by atoms with E-state index < -0.39 is 38.7 Å². The molecule has 6 aromatic rings. The molecule has 67 heavy (non-hydrogen) atoms. The van der Waals surface area contributed by atoms with E-state index >= 15 is 0 Å². The largest absolute Gasteiger partial charge is 0.497 e. The number of benzene rings is 4. The van der Waals surface area contributed by atoms with Crippen LogP contribution in [0.4, 0.5) is 5.82 Å². The molecule has 1 N–H and O–H groups in total. The Bertz CT molecular complexity index is 2470. The first-order chi connectivity index (χ1) is 32.6. The molecule has 3 heterocycles. The summed E-state index contributed by atoms with van der Waals surface area (Å²) >= 11 is 0. The average Bonchev–Trinajstić information content (AvgIpc) is 3.94. The lowest BCUT2D eigenvalue weighted by Crippen LogP contribution is -2.43. The summed E-state index contributed by atoms with van der Waals surface area (Å²) in [6.45, 7) is 8.92. The van der Waals surface area contributed by atoms with E-state index in [1.807, 2.05) is 84.9 Å². The van der Waals surface area contributed by atoms with E-state index in [1.54, 1.807) is 56.5 Å². The lowest BCUT2D eigenvalue weighted by Gasteiger charge is -2.38. The van der Waals surface area contributed by atoms with Gasteiger partial charge < -0.3 is 42.8 Å². The van der Waals surface area contributed by atoms with Crippen LogP contribution in [0.25, 0.3) is 11.2 Å². The number of nitriles is 1. The standard InChI is InChI=1S/C50H58N7O9P/c1-34(2)57(35(3)4)67(64-28-14-27-51)66-45-44(62-30-29-59-5)42(65-49(45)56-33-54-43-46(52-32-53-47(43)56)55-48(58)36-15-10-8-11-16-36)31-63-50(37-17-12-9-13-18-37,38-19-23-40(60-6)24-20-38)39-21-25-41(61-7)26-22-39/h8-13,15-26,32-35,42,44-45,49H,14,28-31H2,1-7H3,(H,52,53,55,58)/t42-,44-,45-,49-,67?/m1/s1. The number of carbonyl (C=O) groups is 1. The Morgan fingerprint density at radius 2 is 1.42 bits per heavy atom. The van der Waals surface area contributed by atoms with Crippen molar-refractivity contribution in [1.29, 1.82) is 5.26 Å². The minimum Gasteiger partial charge on any atom is -0.497 e. The van der Waals surface area contributed by atoms with Crippen molar-refractivity contribution in [3.05, 3.63) is 144 Å². The van der Waals surface area contributed by atoms with Crippen molar-refractivity contribution in [2.75, 3.05) is 53.1 Å². The van der Waals surface area contributed by atoms with E-state index in [0.29, 0.717) is 28.2 Å². The van der Waals surface area contributed by atoms with E-state index in [-0.39, 0.29) is 56.7 Å². The Morgan fingerprint density at radius 1 is 0.806 bits per heavy atom. The fourth-order valence-electron chi connectivity index (χ4n) is 8.23. The zero-order chi connectivity index (χ0) is 47.3. The number of carbonyl (C=O) groups excluding carboxylic acids is 1. The zero-order valence-electron chi connectivity index (χ0n) is 38.9. The van der Waals surface area contributed by atoms with E-state index in [1.165, 1.54) is 6.33 Å². The highest BCUT2D eigenvalue weighted by molar-refractivity contribution is 7.44. The maximum atomic E-state index is 13.4. The molecule has 1 unspecified atom stereocenters. The predicted octanol–water partition coefficient (Wildman–Crippen LogP) is 8.69. The second kappa shape index (κ2) is 23.2. The van der Waals surface area contributed by atoms with Crippen LogP contribution >= 0.6 is 8.53 Å². The van der Waals surface area contributed by atoms with E-state index in [0.717, 1.165) is 16.7 Å². The minimum absolute atomic E-state index is 0.000888. The van der Waals surface area contributed by atoms with E-state index in [9.17, 15) is 10.1 Å². The van der Waals surface area contributed by atoms with Gasteiger partial charge in [0.1, 0.15) is 41.7 Å². The van der Waals surface area contributed by atoms with Gasteiger partial charge in [-0.2, -0.15) is 5.26 Å². The molecule has 1 aliphatic rings. The van der Waals surface area contributed by atoms with Crippen LogP contribution in [0.15, 0.2) is 122 Å². The molecule has 0 radical (unpaired) electrons. The number of nitrogens with zero attached hydrogens (tertiary/aromatic N) is 6. The highest BCUT2D eigenvalue weighted by Crippen LogP contribution is 2.52. The molecule has 7 rings (SSSR count). The summed E-state index contributed by atoms with van der Waals surface area (Å²) in [5.41, 5.74) is 2.53. The maximum absolute atomic E-state index is 13.4. The molecule has 0 bridgehead atoms. The predicted molar refractivity (Wildman–Crippen MR) is 254 cm³/mol. The third kappa shape index (κ3) is 11.1. The highest BCUT2D eigenvalue weighted by Gasteiger charge is 2.52. The van der Waals surface area contributed by atoms with E-state index in [2.05, 4.69) is 53.7 Å². The monoisotopic (exact) mass is 931 g/mol. The summed E-state index contributed by atoms with van der Waals surface area (Å²) in [4.78, 5) is 27.2. The van der Waals surface area contributed by atoms with Crippen molar-refractivity contribution in [3.8, 4) is 17.6 Å². The number of hydrogen-bond donors (Lipinski definition) is 1. The van der Waals surface area contributed by atoms with Crippen LogP contribution in [-0.2, 0) is 33.6 Å². The molecule has 17 heteroatoms. The van der Waals surface area contributed by atoms with Crippen LogP contribution in [0.1, 0.15) is 67.4 Å². The van der Waals surface area contributed by atoms with Crippen LogP contribution in [0, 0.1) is 11.3 Å². The highest BCUT2D eigenvalue weighted by atomic mass is 31.2. The summed E-state index contributed by atoms with van der Waals surface area (Å²) in [5, 5.41) is 12.5. The topological polar surface area (TPSA) is 174 Å². The SMILES string of the molecule is COCCO[C@H]1[C@@H](OP(OCCC#N)N(C(C)C)C(C)C)[C@H](n2cnc3c(NC(=O)c4ccccc4)ncnc32)O[C@@H]1COC(c1ccccc1)(c1ccc(OC)cc1)c1ccc(OC)cc1. The molecule has 16 nitrogen and oxygen atoms in total. The van der Waals surface area contributed by atoms with E-state index in [4.69, 9.17) is 42.5 Å². The van der Waals surface area contributed by atoms with Gasteiger partial charge in [0.15, 0.2) is 23.2 Å². The van der Waals surface area contributed by atoms with Gasteiger partial charge >= 0.3 is 0 Å². The van der Waals surface area contributed by atoms with Gasteiger partial charge in [-0.1, -0.05) is 72.8 Å². The average molecular weight is 932 g/mol. The summed E-state index contributed by atoms with van der Waals surface area (Å²) in [6.07, 6.45) is -0.251. The number of nitrogens with one attached hydrogen (secondary N) is 1. The molecule has 1 fully saturated rings. The van der Waals surface area contributed by atoms with Crippen molar-refractivity contribution in [2.45, 2.75) is 76.3 Å². The normalized spacial score (nSPS) is 17.8. The smallest absolute Gasteiger partial charge is 0.259 e. The molecule has 1 aliphatic heterocycles. The fourth-order valence-corrected chi connectivity index (χ4v) is 9.96. The fraction of sp³-hybridized carbons (Fsp3) is 0.380. The van der Waals surface area contributed by atoms with Gasteiger partial charge in [0.2, 0.25) is 0 Å². The molecule has 352 valence electrons. The molecule has 1 saturated heterocycles. The van der Waals surface area contributed by atoms with Crippen LogP contribution in [0.5, 0.6) is 11.5 Å². The van der Waals surface area contributed by atoms with Gasteiger partial charge in [-0.15, -0.1) is 0 Å². The second-order valence-electron chi connectivity index (χ2n) is 16.2. The van der Waals surface area contributed by atoms with Crippen LogP contribution in [-0.4, -0.2) is 108 Å². The van der Waals surface area contributed by atoms with Gasteiger partial charge in [-0.25, -0.2) is 19.6 Å². The van der Waals surface area contributed by atoms with Gasteiger partial charge in [-0.3, -0.25) is 9.36 Å². The number of aromatic nitrogens is 4. The molecular formula is C50H58N7O9P. The first-order valence-corrected chi connectivity index (χ1v) is 23.3. The molecule has 5 atom stereocenters. The Balaban J connectivity index is 1.35. The van der Waals surface area contributed by atoms with Crippen molar-refractivity contribution in [3.63, 3.8) is 0 Å². The number of hydrogen-bond acceptors (Lipinski definition) is 14. The lowest BCUT2D eigenvalue weighted by molar-refractivity contribution is -0.106. The molecular weight excluding hydrogens is 874 g/mol. The Kier molecular flexibility index (Phi) is 17.0. The van der Waals surface area contributed by atoms with Gasteiger partial charge in [-0.05, 0) is 80.8 Å². The molecule has 0 aliphatic carbocycles. The Labute approximate surface area is 393 Å². The number of methoxy groups -OCH3 is 3. The molecule has 4 aromatic carbocycles. The first kappa shape index (κ1) is 49.1. The van der Waals surface area contributed by atoms with Crippen LogP contribution < -0.4 is 14.8 Å². The lowest BCUT2D eigenvalue weighted by atomic mass is 9.80. The summed E-state index contributed by atoms with van der Waals surface area (Å²) in [7, 11) is 3.05. The molecule has 0 spiro atoms. The van der Waals surface area contributed by atoms with Crippen molar-refractivity contribution in [2.24, 2.45) is 0 Å². The Hall–Kier alpha value is -5.86. The second-order valence-corrected chi connectivity index (χ2v) is 17.6. The summed E-state index contributed by atoms with van der Waals surface area (Å²) < 4.78 is 55.7. The maximum Gasteiger partial charge on any atom is 0.259 e. The van der Waals surface area contributed by atoms with Crippen LogP contribution in [0.3, 0.4) is 0 Å². The zero-order valence-corrected chi connectivity index (χ0v) is 39.7. The van der Waals surface area contributed by atoms with Gasteiger partial charge in [0, 0.05) is 24.8 Å². The molecule has 2 aromatic heterocycles. The quantitative estimate of drug-likeness (QED) is 0.0367. The third-order valence-electron chi connectivity index (χ3n) is 11.3. The summed E-state index contributed by atoms with van der Waals surface area (Å²) in [5.74, 6) is 1.26. The van der Waals surface area contributed by atoms with Crippen LogP contribution in [0.2, 0.25) is 0 Å². The number of rotatable bonds is 23. The number of fused-ring (bicyclic) bond motifs is 1. The number of anilines is 1. The Morgan fingerprint density at radius 3 is 2.00 bits per heavy atom. The van der Waals surface area contributed by atoms with Crippen molar-refractivity contribution in [1.82, 2.24) is 24.2 Å². The minimum atomic E-state index is -1.83. The van der Waals surface area contributed by atoms with Crippen molar-refractivity contribution < 1.29 is 42.3 Å². The van der Waals surface area contributed by atoms with Crippen molar-refractivity contribution >= 4 is 31.4 Å². The first-order valence-electron chi connectivity index (χ1n) is 22.2.